The van der Waals surface area contributed by atoms with Crippen LogP contribution in [0.5, 0.6) is 5.75 Å². The molecular formula is C14H19ClO5S. The van der Waals surface area contributed by atoms with Crippen LogP contribution in [0.2, 0.25) is 0 Å². The maximum atomic E-state index is 11.6. The number of carboxylic acids is 1. The lowest BCUT2D eigenvalue weighted by molar-refractivity contribution is -0.137. The Morgan fingerprint density at radius 3 is 2.33 bits per heavy atom. The van der Waals surface area contributed by atoms with Gasteiger partial charge in [0.15, 0.2) is 0 Å². The van der Waals surface area contributed by atoms with Crippen LogP contribution in [-0.2, 0) is 19.3 Å². The summed E-state index contributed by atoms with van der Waals surface area (Å²) in [6.07, 6.45) is -0.127. The Morgan fingerprint density at radius 2 is 1.90 bits per heavy atom. The molecule has 118 valence electrons. The van der Waals surface area contributed by atoms with Gasteiger partial charge >= 0.3 is 5.97 Å². The van der Waals surface area contributed by atoms with Crippen LogP contribution in [0, 0.1) is 6.92 Å². The van der Waals surface area contributed by atoms with E-state index in [1.54, 1.807) is 13.0 Å². The molecule has 0 spiro atoms. The highest BCUT2D eigenvalue weighted by atomic mass is 35.7. The molecule has 7 heteroatoms. The third-order valence-electron chi connectivity index (χ3n) is 2.92. The van der Waals surface area contributed by atoms with Gasteiger partial charge in [-0.2, -0.15) is 0 Å². The summed E-state index contributed by atoms with van der Waals surface area (Å²) in [5.74, 6) is -0.477. The van der Waals surface area contributed by atoms with Crippen molar-refractivity contribution in [3.63, 3.8) is 0 Å². The van der Waals surface area contributed by atoms with Crippen molar-refractivity contribution in [2.75, 3.05) is 6.61 Å². The van der Waals surface area contributed by atoms with Crippen molar-refractivity contribution in [2.45, 2.75) is 44.4 Å². The van der Waals surface area contributed by atoms with Crippen LogP contribution in [0.1, 0.15) is 38.3 Å². The Bertz CT molecular complexity index is 644. The van der Waals surface area contributed by atoms with E-state index in [-0.39, 0.29) is 23.3 Å². The van der Waals surface area contributed by atoms with E-state index in [0.29, 0.717) is 16.9 Å². The SMILES string of the molecule is Cc1cc(OCCC(=O)O)c(C(C)(C)C)cc1S(=O)(=O)Cl. The molecule has 0 aliphatic carbocycles. The lowest BCUT2D eigenvalue weighted by Gasteiger charge is -2.24. The molecule has 0 atom stereocenters. The largest absolute Gasteiger partial charge is 0.493 e. The van der Waals surface area contributed by atoms with Crippen LogP contribution < -0.4 is 4.74 Å². The standard InChI is InChI=1S/C14H19ClO5S/c1-9-7-11(20-6-5-13(16)17)10(14(2,3)4)8-12(9)21(15,18)19/h7-8H,5-6H2,1-4H3,(H,16,17). The predicted octanol–water partition coefficient (Wildman–Crippen LogP) is 3.07. The van der Waals surface area contributed by atoms with Gasteiger partial charge in [-0.3, -0.25) is 4.79 Å². The summed E-state index contributed by atoms with van der Waals surface area (Å²) >= 11 is 0. The van der Waals surface area contributed by atoms with Crippen molar-refractivity contribution < 1.29 is 23.1 Å². The Balaban J connectivity index is 3.30. The van der Waals surface area contributed by atoms with Crippen molar-refractivity contribution in [3.05, 3.63) is 23.3 Å². The van der Waals surface area contributed by atoms with Gasteiger partial charge < -0.3 is 9.84 Å². The number of aliphatic carboxylic acids is 1. The van der Waals surface area contributed by atoms with Gasteiger partial charge in [-0.25, -0.2) is 8.42 Å². The lowest BCUT2D eigenvalue weighted by atomic mass is 9.86. The molecule has 0 aliphatic heterocycles. The number of rotatable bonds is 5. The van der Waals surface area contributed by atoms with Crippen molar-refractivity contribution in [1.82, 2.24) is 0 Å². The molecule has 1 aromatic rings. The second-order valence-electron chi connectivity index (χ2n) is 5.79. The molecule has 0 saturated carbocycles. The van der Waals surface area contributed by atoms with Gasteiger partial charge in [-0.05, 0) is 30.0 Å². The number of carbonyl (C=O) groups is 1. The highest BCUT2D eigenvalue weighted by molar-refractivity contribution is 8.13. The first-order valence-corrected chi connectivity index (χ1v) is 8.68. The first-order valence-electron chi connectivity index (χ1n) is 6.37. The Hall–Kier alpha value is -1.27. The van der Waals surface area contributed by atoms with Crippen molar-refractivity contribution in [1.29, 1.82) is 0 Å². The number of hydrogen-bond donors (Lipinski definition) is 1. The van der Waals surface area contributed by atoms with Gasteiger partial charge in [0.25, 0.3) is 9.05 Å². The van der Waals surface area contributed by atoms with E-state index in [4.69, 9.17) is 20.5 Å². The van der Waals surface area contributed by atoms with E-state index in [1.165, 1.54) is 6.07 Å². The molecule has 1 N–H and O–H groups in total. The predicted molar refractivity (Wildman–Crippen MR) is 80.7 cm³/mol. The zero-order valence-corrected chi connectivity index (χ0v) is 14.0. The second kappa shape index (κ2) is 6.23. The quantitative estimate of drug-likeness (QED) is 0.837. The monoisotopic (exact) mass is 334 g/mol. The van der Waals surface area contributed by atoms with E-state index in [2.05, 4.69) is 0 Å². The summed E-state index contributed by atoms with van der Waals surface area (Å²) in [5, 5.41) is 8.65. The van der Waals surface area contributed by atoms with E-state index in [0.717, 1.165) is 0 Å². The van der Waals surface area contributed by atoms with Crippen molar-refractivity contribution >= 4 is 25.7 Å². The topological polar surface area (TPSA) is 80.7 Å². The van der Waals surface area contributed by atoms with Gasteiger partial charge in [0.2, 0.25) is 0 Å². The summed E-state index contributed by atoms with van der Waals surface area (Å²) in [6.45, 7) is 7.36. The number of hydrogen-bond acceptors (Lipinski definition) is 4. The van der Waals surface area contributed by atoms with Crippen LogP contribution in [0.15, 0.2) is 17.0 Å². The van der Waals surface area contributed by atoms with E-state index >= 15 is 0 Å². The van der Waals surface area contributed by atoms with E-state index in [9.17, 15) is 13.2 Å². The smallest absolute Gasteiger partial charge is 0.306 e. The summed E-state index contributed by atoms with van der Waals surface area (Å²) in [4.78, 5) is 10.6. The number of carboxylic acid groups (broad SMARTS) is 1. The molecule has 0 saturated heterocycles. The first-order chi connectivity index (χ1) is 9.43. The van der Waals surface area contributed by atoms with Crippen LogP contribution in [0.4, 0.5) is 0 Å². The molecule has 21 heavy (non-hydrogen) atoms. The lowest BCUT2D eigenvalue weighted by Crippen LogP contribution is -2.16. The molecule has 0 radical (unpaired) electrons. The number of benzene rings is 1. The Kier molecular flexibility index (Phi) is 5.28. The van der Waals surface area contributed by atoms with Crippen molar-refractivity contribution in [3.8, 4) is 5.75 Å². The van der Waals surface area contributed by atoms with Crippen LogP contribution in [-0.4, -0.2) is 26.1 Å². The Morgan fingerprint density at radius 1 is 1.33 bits per heavy atom. The molecule has 0 bridgehead atoms. The highest BCUT2D eigenvalue weighted by Gasteiger charge is 2.24. The minimum Gasteiger partial charge on any atom is -0.493 e. The summed E-state index contributed by atoms with van der Waals surface area (Å²) in [5.41, 5.74) is 0.754. The summed E-state index contributed by atoms with van der Waals surface area (Å²) < 4.78 is 28.7. The average Bonchev–Trinajstić information content (AvgIpc) is 2.24. The molecule has 0 heterocycles. The molecule has 0 fully saturated rings. The highest BCUT2D eigenvalue weighted by Crippen LogP contribution is 2.36. The molecule has 5 nitrogen and oxygen atoms in total. The molecule has 0 aliphatic rings. The first kappa shape index (κ1) is 17.8. The number of aryl methyl sites for hydroxylation is 1. The second-order valence-corrected chi connectivity index (χ2v) is 8.33. The van der Waals surface area contributed by atoms with E-state index < -0.39 is 15.0 Å². The maximum absolute atomic E-state index is 11.6. The minimum absolute atomic E-state index is 0.0187. The molecule has 0 amide bonds. The molecular weight excluding hydrogens is 316 g/mol. The van der Waals surface area contributed by atoms with Gasteiger partial charge in [0, 0.05) is 16.2 Å². The minimum atomic E-state index is -3.84. The van der Waals surface area contributed by atoms with Crippen LogP contribution >= 0.6 is 10.7 Å². The third kappa shape index (κ3) is 4.89. The fourth-order valence-corrected chi connectivity index (χ4v) is 3.08. The van der Waals surface area contributed by atoms with Gasteiger partial charge in [0.1, 0.15) is 5.75 Å². The molecule has 0 aromatic heterocycles. The molecule has 0 unspecified atom stereocenters. The fourth-order valence-electron chi connectivity index (χ4n) is 1.88. The van der Waals surface area contributed by atoms with Gasteiger partial charge in [-0.1, -0.05) is 20.8 Å². The zero-order valence-electron chi connectivity index (χ0n) is 12.4. The summed E-state index contributed by atoms with van der Waals surface area (Å²) in [7, 11) is 1.59. The Labute approximate surface area is 129 Å². The third-order valence-corrected chi connectivity index (χ3v) is 4.39. The van der Waals surface area contributed by atoms with E-state index in [1.807, 2.05) is 20.8 Å². The van der Waals surface area contributed by atoms with Crippen LogP contribution in [0.25, 0.3) is 0 Å². The van der Waals surface area contributed by atoms with Crippen LogP contribution in [0.3, 0.4) is 0 Å². The normalized spacial score (nSPS) is 12.2. The van der Waals surface area contributed by atoms with Gasteiger partial charge in [-0.15, -0.1) is 0 Å². The van der Waals surface area contributed by atoms with Gasteiger partial charge in [0.05, 0.1) is 17.9 Å². The molecule has 1 rings (SSSR count). The number of halogens is 1. The average molecular weight is 335 g/mol. The molecule has 1 aromatic carbocycles. The van der Waals surface area contributed by atoms with Crippen molar-refractivity contribution in [2.24, 2.45) is 0 Å². The zero-order chi connectivity index (χ0) is 16.4. The fraction of sp³-hybridized carbons (Fsp3) is 0.500. The summed E-state index contributed by atoms with van der Waals surface area (Å²) in [6, 6.07) is 3.07. The maximum Gasteiger partial charge on any atom is 0.306 e. The number of ether oxygens (including phenoxy) is 1.